The second-order valence-corrected chi connectivity index (χ2v) is 57.9. The fourth-order valence-corrected chi connectivity index (χ4v) is 31.5. The minimum Gasteiger partial charge on any atom is -0.457 e. The molecule has 8 heterocycles. The number of pyridine rings is 2. The number of benzene rings is 7. The first-order valence-electron chi connectivity index (χ1n) is 46.6. The van der Waals surface area contributed by atoms with Crippen LogP contribution in [-0.4, -0.2) is 209 Å². The van der Waals surface area contributed by atoms with Crippen LogP contribution in [0.3, 0.4) is 0 Å². The monoisotopic (exact) mass is 2070 g/mol. The van der Waals surface area contributed by atoms with E-state index in [1.54, 1.807) is 101 Å². The van der Waals surface area contributed by atoms with Crippen molar-refractivity contribution in [3.63, 3.8) is 0 Å². The molecule has 734 valence electrons. The summed E-state index contributed by atoms with van der Waals surface area (Å²) < 4.78 is 36.3. The summed E-state index contributed by atoms with van der Waals surface area (Å²) in [5.41, 5.74) is 6.03. The van der Waals surface area contributed by atoms with E-state index in [1.165, 1.54) is 28.4 Å². The van der Waals surface area contributed by atoms with Crippen LogP contribution in [0.15, 0.2) is 320 Å². The van der Waals surface area contributed by atoms with E-state index < -0.39 is 102 Å². The summed E-state index contributed by atoms with van der Waals surface area (Å²) in [4.78, 5) is 129. The Morgan fingerprint density at radius 3 is 1.16 bits per heavy atom. The first-order valence-corrected chi connectivity index (χ1v) is 58.4. The number of β-lactam (4-membered cyclic amide) rings is 2. The number of amides is 2. The molecule has 0 unspecified atom stereocenters. The number of aromatic nitrogens is 6. The van der Waals surface area contributed by atoms with Gasteiger partial charge in [-0.2, -0.15) is 10.2 Å². The molecule has 0 aliphatic carbocycles. The molecule has 0 spiro atoms. The second kappa shape index (κ2) is 45.2. The van der Waals surface area contributed by atoms with Gasteiger partial charge in [-0.15, -0.1) is 22.7 Å². The minimum atomic E-state index is -3.28. The number of halogens is 1. The van der Waals surface area contributed by atoms with E-state index in [-0.39, 0.29) is 57.3 Å². The highest BCUT2D eigenvalue weighted by Crippen LogP contribution is 2.55. The van der Waals surface area contributed by atoms with Gasteiger partial charge in [0.2, 0.25) is 11.8 Å². The molecule has 25 nitrogen and oxygen atoms in total. The molecule has 0 saturated carbocycles. The van der Waals surface area contributed by atoms with Crippen LogP contribution < -0.4 is 36.7 Å². The zero-order valence-electron chi connectivity index (χ0n) is 83.5. The Labute approximate surface area is 845 Å². The third-order valence-corrected chi connectivity index (χ3v) is 46.5. The first kappa shape index (κ1) is 106. The van der Waals surface area contributed by atoms with Gasteiger partial charge in [0.1, 0.15) is 69.2 Å². The summed E-state index contributed by atoms with van der Waals surface area (Å²) in [6.07, 6.45) is 16.0. The maximum absolute atomic E-state index is 15.5. The molecule has 141 heavy (non-hydrogen) atoms. The number of thiazole rings is 2. The highest BCUT2D eigenvalue weighted by atomic mass is 79.9. The van der Waals surface area contributed by atoms with E-state index in [2.05, 4.69) is 117 Å². The molecule has 2 aliphatic heterocycles. The number of esters is 4. The van der Waals surface area contributed by atoms with Crippen LogP contribution >= 0.6 is 52.4 Å². The molecule has 2 fully saturated rings. The van der Waals surface area contributed by atoms with Gasteiger partial charge in [-0.25, -0.2) is 24.4 Å². The molecule has 13 aromatic rings. The van der Waals surface area contributed by atoms with Crippen LogP contribution in [0.25, 0.3) is 9.66 Å². The van der Waals surface area contributed by atoms with Crippen molar-refractivity contribution in [3.8, 4) is 0 Å². The van der Waals surface area contributed by atoms with Crippen LogP contribution in [0.2, 0.25) is 36.3 Å². The summed E-state index contributed by atoms with van der Waals surface area (Å²) >= 11 is 6.45. The van der Waals surface area contributed by atoms with Gasteiger partial charge in [0, 0.05) is 116 Å². The Morgan fingerprint density at radius 2 is 0.830 bits per heavy atom. The molecule has 7 aromatic carbocycles. The molecule has 0 radical (unpaired) electrons. The standard InChI is InChI=1S/C50H57N6O5PSSi.C46H55N2O7PSi.C13H12BrN5S/c1-11-30-60-49(59)47(62(37-23-15-12-16-24-37,38-25-17-13-18-26-38)39-27-19-14-20-28-39)56-44(41(46(56)58)35(3)61-64(9,10)50(4,5)6)34(2)45(57)40-32-55-33-52-43(48(55)63-40)42(53-54(7)8)36-22-21-29-51-31-36;1-11-31-53-45(52)42(56(36-21-15-12-16-22-36,37-23-17-13-18-24-37)38-25-19-14-20-26-38)48-40(39(41(48)49)33(3)55-57(9,10)46(4,5)6)32(2)43(50)54-44(51)34-27-29-35(30-28-34)47(7)8;1-18(2)17-11(9-4-3-5-15-6-9)12-13-19(8-16-12)7-10(14)20-13/h11-29,31-35,41,44H,1,30H2,2-10H3;11-30,32-33,39-40H,1,31H2,2-10H3;3-8H,1-2H3/b53-42-;;17-11-/t34-,35-,41-,44-;32-,33-,39-,40-;/m11./s1. The van der Waals surface area contributed by atoms with Crippen molar-refractivity contribution in [2.75, 3.05) is 60.4 Å². The Balaban J connectivity index is 0.000000199. The molecule has 0 N–H and O–H groups in total. The largest absolute Gasteiger partial charge is 0.457 e. The topological polar surface area (TPSA) is 267 Å². The number of carbonyl (C=O) groups is 7. The molecular weight excluding hydrogens is 1950 g/mol. The number of carbonyl (C=O) groups excluding carboxylic acids is 7. The van der Waals surface area contributed by atoms with Gasteiger partial charge in [0.15, 0.2) is 22.4 Å². The number of hydrogen-bond donors (Lipinski definition) is 0. The highest BCUT2D eigenvalue weighted by molar-refractivity contribution is 9.11. The van der Waals surface area contributed by atoms with Gasteiger partial charge in [-0.1, -0.05) is 256 Å². The summed E-state index contributed by atoms with van der Waals surface area (Å²) in [6.45, 7) is 29.6. The van der Waals surface area contributed by atoms with Gasteiger partial charge >= 0.3 is 23.9 Å². The molecule has 2 aliphatic rings. The van der Waals surface area contributed by atoms with Crippen LogP contribution in [0.1, 0.15) is 112 Å². The second-order valence-electron chi connectivity index (χ2n) is 38.3. The predicted octanol–water partition coefficient (Wildman–Crippen LogP) is 18.0. The number of fused-ring (bicyclic) bond motifs is 2. The fourth-order valence-electron chi connectivity index (χ4n) is 17.3. The van der Waals surface area contributed by atoms with Crippen molar-refractivity contribution in [2.45, 2.75) is 130 Å². The summed E-state index contributed by atoms with van der Waals surface area (Å²) in [5, 5.41) is 17.5. The lowest BCUT2D eigenvalue weighted by Gasteiger charge is -2.54. The van der Waals surface area contributed by atoms with E-state index in [1.807, 2.05) is 289 Å². The fraction of sp³-hybridized carbons (Fsp3) is 0.294. The normalized spacial score (nSPS) is 16.1. The average molecular weight is 2070 g/mol. The van der Waals surface area contributed by atoms with E-state index in [0.717, 1.165) is 73.5 Å². The quantitative estimate of drug-likeness (QED) is 0.00353. The number of ether oxygens (including phenoxy) is 3. The SMILES string of the molecule is C=CCOC(=O)C(N1C(=O)[C@H]([C@@H](C)O[Si](C)(C)C(C)(C)C)[C@H]1[C@@H](C)C(=O)OC(=O)c1ccc(N(C)C)cc1)=P(c1ccccc1)(c1ccccc1)c1ccccc1.C=CCOC(=O)C(N1C(=O)[C@H]([C@@H](C)O[Si](C)(C)C(C)(C)C)[C@H]1[C@@H](C)C(=O)c1cn2cnc(/C(=N\N(C)C)c3cccnc3)c2s1)=P(c1ccccc1)(c1ccccc1)c1ccccc1.CN(C)/N=C(/c1cccnc1)c1ncn2cc(Br)sc12. The Bertz CT molecular complexity index is 6630. The lowest BCUT2D eigenvalue weighted by atomic mass is 9.75. The van der Waals surface area contributed by atoms with Crippen LogP contribution in [-0.2, 0) is 47.0 Å². The van der Waals surface area contributed by atoms with Gasteiger partial charge in [0.25, 0.3) is 0 Å². The Morgan fingerprint density at radius 1 is 0.482 bits per heavy atom. The number of nitrogens with zero attached hydrogens (tertiary/aromatic N) is 13. The third kappa shape index (κ3) is 22.4. The van der Waals surface area contributed by atoms with Crippen molar-refractivity contribution in [3.05, 3.63) is 342 Å². The smallest absolute Gasteiger partial charge is 0.356 e. The molecule has 2 saturated heterocycles. The van der Waals surface area contributed by atoms with Crippen molar-refractivity contribution in [2.24, 2.45) is 33.9 Å². The number of hydrazone groups is 2. The Hall–Kier alpha value is -12.5. The average Bonchev–Trinajstić information content (AvgIpc) is 1.36. The molecule has 6 aromatic heterocycles. The van der Waals surface area contributed by atoms with Crippen LogP contribution in [0.4, 0.5) is 5.69 Å². The molecule has 2 amide bonds. The molecular formula is C109H124BrN13O12P2S2Si2. The number of Topliss-reactive ketones (excluding diaryl/α,β-unsaturated/α-hetero) is 1. The van der Waals surface area contributed by atoms with Gasteiger partial charge in [-0.3, -0.25) is 37.9 Å². The van der Waals surface area contributed by atoms with Crippen molar-refractivity contribution in [1.29, 1.82) is 0 Å². The van der Waals surface area contributed by atoms with E-state index >= 15 is 19.2 Å². The van der Waals surface area contributed by atoms with Crippen molar-refractivity contribution < 1.29 is 56.6 Å². The minimum absolute atomic E-state index is 0.0767. The number of ketones is 1. The van der Waals surface area contributed by atoms with E-state index in [9.17, 15) is 14.4 Å². The van der Waals surface area contributed by atoms with Gasteiger partial charge in [0.05, 0.1) is 56.3 Å². The molecule has 0 bridgehead atoms. The van der Waals surface area contributed by atoms with Gasteiger partial charge < -0.3 is 47.8 Å². The molecule has 15 rings (SSSR count). The predicted molar refractivity (Wildman–Crippen MR) is 581 cm³/mol. The van der Waals surface area contributed by atoms with Crippen LogP contribution in [0.5, 0.6) is 0 Å². The van der Waals surface area contributed by atoms with Crippen molar-refractivity contribution >= 4 is 180 Å². The maximum Gasteiger partial charge on any atom is 0.356 e. The lowest BCUT2D eigenvalue weighted by molar-refractivity contribution is -0.165. The van der Waals surface area contributed by atoms with E-state index in [0.29, 0.717) is 16.3 Å². The highest BCUT2D eigenvalue weighted by Gasteiger charge is 2.62. The summed E-state index contributed by atoms with van der Waals surface area (Å²) in [7, 11) is 6.37. The third-order valence-electron chi connectivity index (χ3n) is 26.1. The number of likely N-dealkylation sites (tertiary alicyclic amines) is 2. The summed E-state index contributed by atoms with van der Waals surface area (Å²) in [5.74, 6) is -7.35. The lowest BCUT2D eigenvalue weighted by Crippen LogP contribution is -2.71. The first-order chi connectivity index (χ1) is 67.1. The Kier molecular flexibility index (Phi) is 33.9. The maximum atomic E-state index is 15.5. The number of rotatable bonds is 33. The summed E-state index contributed by atoms with van der Waals surface area (Å²) in [6, 6.07) is 71.2. The van der Waals surface area contributed by atoms with Gasteiger partial charge in [-0.05, 0) is 153 Å². The zero-order chi connectivity index (χ0) is 102. The number of hydrogen-bond acceptors (Lipinski definition) is 23. The molecule has 32 heteroatoms. The van der Waals surface area contributed by atoms with Crippen molar-refractivity contribution in [1.82, 2.24) is 48.6 Å². The van der Waals surface area contributed by atoms with E-state index in [4.69, 9.17) is 33.1 Å². The van der Waals surface area contributed by atoms with Crippen LogP contribution in [0, 0.1) is 23.7 Å². The molecule has 8 atom stereocenters. The number of anilines is 1. The zero-order valence-corrected chi connectivity index (χ0v) is 90.5. The number of imidazole rings is 2.